The first-order chi connectivity index (χ1) is 8.08. The van der Waals surface area contributed by atoms with Crippen LogP contribution in [0.15, 0.2) is 16.9 Å². The first-order valence-corrected chi connectivity index (χ1v) is 6.03. The van der Waals surface area contributed by atoms with Gasteiger partial charge < -0.3 is 0 Å². The topological polar surface area (TPSA) is 34.9 Å². The Balaban J connectivity index is 2.44. The molecule has 0 bridgehead atoms. The van der Waals surface area contributed by atoms with E-state index in [9.17, 15) is 13.6 Å². The van der Waals surface area contributed by atoms with Gasteiger partial charge in [0.1, 0.15) is 5.82 Å². The van der Waals surface area contributed by atoms with Crippen LogP contribution in [0.2, 0.25) is 0 Å². The van der Waals surface area contributed by atoms with Crippen LogP contribution in [-0.2, 0) is 6.54 Å². The Morgan fingerprint density at radius 3 is 2.82 bits per heavy atom. The van der Waals surface area contributed by atoms with E-state index in [0.29, 0.717) is 12.4 Å². The zero-order valence-electron chi connectivity index (χ0n) is 8.58. The van der Waals surface area contributed by atoms with Crippen molar-refractivity contribution in [1.29, 1.82) is 0 Å². The van der Waals surface area contributed by atoms with Crippen LogP contribution in [0.5, 0.6) is 0 Å². The third-order valence-electron chi connectivity index (χ3n) is 2.91. The lowest BCUT2D eigenvalue weighted by molar-refractivity contribution is 0.510. The summed E-state index contributed by atoms with van der Waals surface area (Å²) in [6.45, 7) is 0.548. The van der Waals surface area contributed by atoms with Crippen LogP contribution in [0.4, 0.5) is 8.78 Å². The van der Waals surface area contributed by atoms with Crippen LogP contribution < -0.4 is 5.56 Å². The van der Waals surface area contributed by atoms with Crippen LogP contribution in [0.1, 0.15) is 17.1 Å². The van der Waals surface area contributed by atoms with Gasteiger partial charge >= 0.3 is 0 Å². The van der Waals surface area contributed by atoms with E-state index in [1.54, 1.807) is 0 Å². The first-order valence-electron chi connectivity index (χ1n) is 5.11. The van der Waals surface area contributed by atoms with Crippen molar-refractivity contribution in [2.24, 2.45) is 0 Å². The molecule has 1 aromatic carbocycles. The van der Waals surface area contributed by atoms with Crippen LogP contribution in [0.25, 0.3) is 10.9 Å². The van der Waals surface area contributed by atoms with Gasteiger partial charge in [0, 0.05) is 12.6 Å². The van der Waals surface area contributed by atoms with Crippen molar-refractivity contribution >= 4 is 26.8 Å². The minimum atomic E-state index is -1.02. The standard InChI is InChI=1S/C11H7BrF2N2O/c12-6-1-2-16-10(6)15-9-4-8(14)7(13)3-5(9)11(16)17/h3-4,6H,1-2H2. The van der Waals surface area contributed by atoms with Crippen molar-refractivity contribution in [3.8, 4) is 0 Å². The van der Waals surface area contributed by atoms with Gasteiger partial charge in [0.2, 0.25) is 0 Å². The van der Waals surface area contributed by atoms with Crippen molar-refractivity contribution in [2.75, 3.05) is 0 Å². The summed E-state index contributed by atoms with van der Waals surface area (Å²) in [6, 6.07) is 1.87. The van der Waals surface area contributed by atoms with Crippen molar-refractivity contribution < 1.29 is 8.78 Å². The van der Waals surface area contributed by atoms with Crippen molar-refractivity contribution in [3.63, 3.8) is 0 Å². The van der Waals surface area contributed by atoms with Gasteiger partial charge in [0.05, 0.1) is 15.7 Å². The summed E-state index contributed by atoms with van der Waals surface area (Å²) in [4.78, 5) is 16.2. The summed E-state index contributed by atoms with van der Waals surface area (Å²) in [6.07, 6.45) is 0.753. The lowest BCUT2D eigenvalue weighted by atomic mass is 10.2. The van der Waals surface area contributed by atoms with E-state index >= 15 is 0 Å². The van der Waals surface area contributed by atoms with Gasteiger partial charge in [0.15, 0.2) is 11.6 Å². The number of hydrogen-bond donors (Lipinski definition) is 0. The molecule has 0 radical (unpaired) electrons. The quantitative estimate of drug-likeness (QED) is 0.701. The van der Waals surface area contributed by atoms with Crippen molar-refractivity contribution in [1.82, 2.24) is 9.55 Å². The number of aromatic nitrogens is 2. The van der Waals surface area contributed by atoms with Gasteiger partial charge in [-0.15, -0.1) is 0 Å². The summed E-state index contributed by atoms with van der Waals surface area (Å²) >= 11 is 3.40. The molecule has 1 unspecified atom stereocenters. The predicted molar refractivity (Wildman–Crippen MR) is 62.2 cm³/mol. The molecular weight excluding hydrogens is 294 g/mol. The average molecular weight is 301 g/mol. The fourth-order valence-corrected chi connectivity index (χ4v) is 2.61. The second-order valence-electron chi connectivity index (χ2n) is 3.97. The van der Waals surface area contributed by atoms with Crippen LogP contribution in [0.3, 0.4) is 0 Å². The zero-order valence-corrected chi connectivity index (χ0v) is 10.2. The van der Waals surface area contributed by atoms with Gasteiger partial charge in [-0.25, -0.2) is 13.8 Å². The monoisotopic (exact) mass is 300 g/mol. The Morgan fingerprint density at radius 1 is 1.35 bits per heavy atom. The molecule has 0 spiro atoms. The maximum atomic E-state index is 13.1. The minimum Gasteiger partial charge on any atom is -0.295 e. The van der Waals surface area contributed by atoms with Crippen LogP contribution >= 0.6 is 15.9 Å². The molecule has 0 fully saturated rings. The molecular formula is C11H7BrF2N2O. The van der Waals surface area contributed by atoms with Crippen molar-refractivity contribution in [3.05, 3.63) is 39.9 Å². The number of fused-ring (bicyclic) bond motifs is 2. The summed E-state index contributed by atoms with van der Waals surface area (Å²) in [5, 5.41) is 0.120. The van der Waals surface area contributed by atoms with Gasteiger partial charge in [-0.2, -0.15) is 0 Å². The van der Waals surface area contributed by atoms with Gasteiger partial charge in [0.25, 0.3) is 5.56 Å². The predicted octanol–water partition coefficient (Wildman–Crippen LogP) is 2.51. The lowest BCUT2D eigenvalue weighted by Gasteiger charge is -2.06. The first kappa shape index (κ1) is 10.8. The molecule has 2 aromatic rings. The number of nitrogens with zero attached hydrogens (tertiary/aromatic N) is 2. The molecule has 0 aliphatic carbocycles. The second-order valence-corrected chi connectivity index (χ2v) is 5.07. The van der Waals surface area contributed by atoms with E-state index < -0.39 is 11.6 Å². The smallest absolute Gasteiger partial charge is 0.261 e. The Kier molecular flexibility index (Phi) is 2.29. The van der Waals surface area contributed by atoms with E-state index in [-0.39, 0.29) is 21.3 Å². The third-order valence-corrected chi connectivity index (χ3v) is 3.78. The lowest BCUT2D eigenvalue weighted by Crippen LogP contribution is -2.21. The van der Waals surface area contributed by atoms with Gasteiger partial charge in [-0.05, 0) is 12.5 Å². The second kappa shape index (κ2) is 3.60. The molecule has 2 heterocycles. The summed E-state index contributed by atoms with van der Waals surface area (Å²) in [5.74, 6) is -1.43. The summed E-state index contributed by atoms with van der Waals surface area (Å²) in [7, 11) is 0. The number of benzene rings is 1. The third kappa shape index (κ3) is 1.50. The normalized spacial score (nSPS) is 18.6. The van der Waals surface area contributed by atoms with E-state index in [0.717, 1.165) is 18.6 Å². The fourth-order valence-electron chi connectivity index (χ4n) is 2.06. The van der Waals surface area contributed by atoms with Crippen LogP contribution in [-0.4, -0.2) is 9.55 Å². The summed E-state index contributed by atoms with van der Waals surface area (Å²) in [5.41, 5.74) is -0.114. The maximum absolute atomic E-state index is 13.1. The highest BCUT2D eigenvalue weighted by atomic mass is 79.9. The molecule has 1 aliphatic heterocycles. The maximum Gasteiger partial charge on any atom is 0.261 e. The molecule has 3 nitrogen and oxygen atoms in total. The highest BCUT2D eigenvalue weighted by molar-refractivity contribution is 9.09. The molecule has 1 aromatic heterocycles. The van der Waals surface area contributed by atoms with Crippen molar-refractivity contribution in [2.45, 2.75) is 17.8 Å². The number of alkyl halides is 1. The molecule has 17 heavy (non-hydrogen) atoms. The molecule has 0 amide bonds. The Morgan fingerprint density at radius 2 is 2.06 bits per heavy atom. The largest absolute Gasteiger partial charge is 0.295 e. The molecule has 0 N–H and O–H groups in total. The highest BCUT2D eigenvalue weighted by Crippen LogP contribution is 2.31. The highest BCUT2D eigenvalue weighted by Gasteiger charge is 2.24. The molecule has 0 saturated carbocycles. The van der Waals surface area contributed by atoms with Crippen LogP contribution in [0, 0.1) is 11.6 Å². The number of rotatable bonds is 0. The molecule has 3 rings (SSSR count). The van der Waals surface area contributed by atoms with E-state index in [2.05, 4.69) is 20.9 Å². The Hall–Kier alpha value is -1.30. The molecule has 0 saturated heterocycles. The van der Waals surface area contributed by atoms with E-state index in [4.69, 9.17) is 0 Å². The van der Waals surface area contributed by atoms with E-state index in [1.807, 2.05) is 0 Å². The number of hydrogen-bond acceptors (Lipinski definition) is 2. The number of halogens is 3. The van der Waals surface area contributed by atoms with E-state index in [1.165, 1.54) is 4.57 Å². The minimum absolute atomic E-state index is 0.00675. The fraction of sp³-hybridized carbons (Fsp3) is 0.273. The average Bonchev–Trinajstić information content (AvgIpc) is 2.65. The molecule has 1 aliphatic rings. The van der Waals surface area contributed by atoms with Gasteiger partial charge in [-0.1, -0.05) is 15.9 Å². The Labute approximate surface area is 103 Å². The zero-order chi connectivity index (χ0) is 12.2. The SMILES string of the molecule is O=c1c2cc(F)c(F)cc2nc2n1CCC2Br. The summed E-state index contributed by atoms with van der Waals surface area (Å²) < 4.78 is 27.7. The van der Waals surface area contributed by atoms with Gasteiger partial charge in [-0.3, -0.25) is 9.36 Å². The molecule has 88 valence electrons. The Bertz CT molecular complexity index is 683. The molecule has 1 atom stereocenters. The molecule has 6 heteroatoms.